The van der Waals surface area contributed by atoms with Crippen LogP contribution < -0.4 is 5.32 Å². The van der Waals surface area contributed by atoms with Gasteiger partial charge in [-0.1, -0.05) is 37.3 Å². The number of benzene rings is 1. The lowest BCUT2D eigenvalue weighted by molar-refractivity contribution is 0.184. The Morgan fingerprint density at radius 1 is 1.32 bits per heavy atom. The average Bonchev–Trinajstić information content (AvgIpc) is 2.85. The van der Waals surface area contributed by atoms with E-state index in [9.17, 15) is 0 Å². The summed E-state index contributed by atoms with van der Waals surface area (Å²) in [6.45, 7) is 5.54. The third-order valence-corrected chi connectivity index (χ3v) is 2.83. The number of ether oxygens (including phenoxy) is 1. The molecule has 1 aromatic carbocycles. The van der Waals surface area contributed by atoms with Crippen LogP contribution >= 0.6 is 0 Å². The Morgan fingerprint density at radius 3 is 2.84 bits per heavy atom. The lowest BCUT2D eigenvalue weighted by Gasteiger charge is -2.12. The molecule has 0 fully saturated rings. The molecule has 0 aliphatic carbocycles. The highest BCUT2D eigenvalue weighted by Gasteiger charge is 2.10. The summed E-state index contributed by atoms with van der Waals surface area (Å²) in [4.78, 5) is 0. The molecule has 1 N–H and O–H groups in total. The van der Waals surface area contributed by atoms with Crippen molar-refractivity contribution in [2.24, 2.45) is 0 Å². The van der Waals surface area contributed by atoms with Gasteiger partial charge in [-0.25, -0.2) is 4.68 Å². The molecule has 2 rings (SSSR count). The van der Waals surface area contributed by atoms with E-state index in [0.29, 0.717) is 12.6 Å². The monoisotopic (exact) mass is 260 g/mol. The van der Waals surface area contributed by atoms with E-state index in [-0.39, 0.29) is 0 Å². The van der Waals surface area contributed by atoms with Gasteiger partial charge in [-0.05, 0) is 6.07 Å². The second kappa shape index (κ2) is 6.45. The summed E-state index contributed by atoms with van der Waals surface area (Å²) in [5.74, 6) is 0. The molecule has 0 unspecified atom stereocenters. The number of rotatable bonds is 6. The predicted molar refractivity (Wildman–Crippen MR) is 74.0 cm³/mol. The Labute approximate surface area is 113 Å². The molecule has 19 heavy (non-hydrogen) atoms. The van der Waals surface area contributed by atoms with E-state index in [4.69, 9.17) is 4.74 Å². The largest absolute Gasteiger partial charge is 0.380 e. The Hall–Kier alpha value is -1.72. The first kappa shape index (κ1) is 13.7. The molecule has 0 atom stereocenters. The van der Waals surface area contributed by atoms with Crippen molar-refractivity contribution in [2.75, 3.05) is 7.11 Å². The van der Waals surface area contributed by atoms with Gasteiger partial charge < -0.3 is 10.1 Å². The lowest BCUT2D eigenvalue weighted by atomic mass is 10.2. The van der Waals surface area contributed by atoms with Gasteiger partial charge in [-0.15, -0.1) is 5.10 Å². The molecule has 0 aliphatic heterocycles. The lowest BCUT2D eigenvalue weighted by Crippen LogP contribution is -2.23. The number of nitrogens with one attached hydrogen (secondary N) is 1. The van der Waals surface area contributed by atoms with Gasteiger partial charge in [-0.2, -0.15) is 0 Å². The van der Waals surface area contributed by atoms with E-state index < -0.39 is 0 Å². The fourth-order valence-electron chi connectivity index (χ4n) is 1.88. The number of hydrogen-bond donors (Lipinski definition) is 1. The van der Waals surface area contributed by atoms with Crippen LogP contribution in [-0.4, -0.2) is 28.1 Å². The molecule has 0 bridgehead atoms. The minimum atomic E-state index is 0.428. The molecule has 0 saturated carbocycles. The summed E-state index contributed by atoms with van der Waals surface area (Å²) in [7, 11) is 1.69. The van der Waals surface area contributed by atoms with Gasteiger partial charge in [0.15, 0.2) is 0 Å². The highest BCUT2D eigenvalue weighted by atomic mass is 16.5. The fourth-order valence-corrected chi connectivity index (χ4v) is 1.88. The van der Waals surface area contributed by atoms with Crippen molar-refractivity contribution >= 4 is 0 Å². The first-order valence-electron chi connectivity index (χ1n) is 6.42. The molecular formula is C14H20N4O. The number of hydrogen-bond acceptors (Lipinski definition) is 4. The third-order valence-electron chi connectivity index (χ3n) is 2.83. The number of methoxy groups -OCH3 is 1. The van der Waals surface area contributed by atoms with Crippen LogP contribution in [0.4, 0.5) is 0 Å². The number of aromatic nitrogens is 3. The van der Waals surface area contributed by atoms with Crippen molar-refractivity contribution in [2.45, 2.75) is 33.0 Å². The molecule has 0 radical (unpaired) electrons. The zero-order chi connectivity index (χ0) is 13.7. The van der Waals surface area contributed by atoms with Crippen molar-refractivity contribution in [1.29, 1.82) is 0 Å². The van der Waals surface area contributed by atoms with Gasteiger partial charge in [0.25, 0.3) is 0 Å². The summed E-state index contributed by atoms with van der Waals surface area (Å²) in [6, 6.07) is 8.50. The molecule has 0 spiro atoms. The van der Waals surface area contributed by atoms with Crippen LogP contribution in [-0.2, 0) is 17.9 Å². The molecule has 0 amide bonds. The minimum absolute atomic E-state index is 0.428. The maximum absolute atomic E-state index is 5.23. The zero-order valence-corrected chi connectivity index (χ0v) is 11.6. The molecule has 0 saturated heterocycles. The van der Waals surface area contributed by atoms with Crippen LogP contribution in [0.1, 0.15) is 25.1 Å². The fraction of sp³-hybridized carbons (Fsp3) is 0.429. The maximum Gasteiger partial charge on any atom is 0.0783 e. The van der Waals surface area contributed by atoms with E-state index in [0.717, 1.165) is 23.5 Å². The quantitative estimate of drug-likeness (QED) is 0.862. The van der Waals surface area contributed by atoms with Gasteiger partial charge in [-0.3, -0.25) is 0 Å². The topological polar surface area (TPSA) is 52.0 Å². The summed E-state index contributed by atoms with van der Waals surface area (Å²) in [5, 5.41) is 11.6. The molecule has 1 aromatic heterocycles. The van der Waals surface area contributed by atoms with Gasteiger partial charge in [0.05, 0.1) is 24.2 Å². The van der Waals surface area contributed by atoms with Gasteiger partial charge >= 0.3 is 0 Å². The van der Waals surface area contributed by atoms with Gasteiger partial charge in [0, 0.05) is 25.3 Å². The summed E-state index contributed by atoms with van der Waals surface area (Å²) in [5.41, 5.74) is 3.15. The average molecular weight is 260 g/mol. The molecule has 5 nitrogen and oxygen atoms in total. The molecule has 102 valence electrons. The van der Waals surface area contributed by atoms with Crippen molar-refractivity contribution < 1.29 is 4.74 Å². The van der Waals surface area contributed by atoms with E-state index in [1.165, 1.54) is 0 Å². The van der Waals surface area contributed by atoms with Gasteiger partial charge in [0.1, 0.15) is 0 Å². The SMILES string of the molecule is COCc1ccccc1-n1nncc1CNC(C)C. The van der Waals surface area contributed by atoms with E-state index in [1.807, 2.05) is 28.9 Å². The summed E-state index contributed by atoms with van der Waals surface area (Å²) < 4.78 is 7.09. The Balaban J connectivity index is 2.29. The molecule has 0 aliphatic rings. The Morgan fingerprint density at radius 2 is 2.11 bits per heavy atom. The smallest absolute Gasteiger partial charge is 0.0783 e. The van der Waals surface area contributed by atoms with Crippen molar-refractivity contribution in [3.05, 3.63) is 41.7 Å². The van der Waals surface area contributed by atoms with Gasteiger partial charge in [0.2, 0.25) is 0 Å². The van der Waals surface area contributed by atoms with Crippen molar-refractivity contribution in [3.63, 3.8) is 0 Å². The predicted octanol–water partition coefficient (Wildman–Crippen LogP) is 1.91. The van der Waals surface area contributed by atoms with Crippen molar-refractivity contribution in [3.8, 4) is 5.69 Å². The molecule has 1 heterocycles. The van der Waals surface area contributed by atoms with Crippen LogP contribution in [0.5, 0.6) is 0 Å². The maximum atomic E-state index is 5.23. The molecule has 5 heteroatoms. The summed E-state index contributed by atoms with van der Waals surface area (Å²) >= 11 is 0. The molecular weight excluding hydrogens is 240 g/mol. The highest BCUT2D eigenvalue weighted by Crippen LogP contribution is 2.16. The number of para-hydroxylation sites is 1. The summed E-state index contributed by atoms with van der Waals surface area (Å²) in [6.07, 6.45) is 1.79. The van der Waals surface area contributed by atoms with Crippen molar-refractivity contribution in [1.82, 2.24) is 20.3 Å². The highest BCUT2D eigenvalue weighted by molar-refractivity contribution is 5.40. The zero-order valence-electron chi connectivity index (χ0n) is 11.6. The van der Waals surface area contributed by atoms with Crippen LogP contribution in [0.15, 0.2) is 30.5 Å². The van der Waals surface area contributed by atoms with Crippen LogP contribution in [0.25, 0.3) is 5.69 Å². The third kappa shape index (κ3) is 3.39. The Bertz CT molecular complexity index is 522. The van der Waals surface area contributed by atoms with Crippen LogP contribution in [0.2, 0.25) is 0 Å². The number of nitrogens with zero attached hydrogens (tertiary/aromatic N) is 3. The first-order valence-corrected chi connectivity index (χ1v) is 6.42. The van der Waals surface area contributed by atoms with Crippen LogP contribution in [0, 0.1) is 0 Å². The second-order valence-corrected chi connectivity index (χ2v) is 4.73. The van der Waals surface area contributed by atoms with E-state index >= 15 is 0 Å². The normalized spacial score (nSPS) is 11.2. The van der Waals surface area contributed by atoms with E-state index in [1.54, 1.807) is 13.3 Å². The first-order chi connectivity index (χ1) is 9.22. The second-order valence-electron chi connectivity index (χ2n) is 4.73. The minimum Gasteiger partial charge on any atom is -0.380 e. The van der Waals surface area contributed by atoms with E-state index in [2.05, 4.69) is 29.5 Å². The standard InChI is InChI=1S/C14H20N4O/c1-11(2)15-8-13-9-16-17-18(13)14-7-5-4-6-12(14)10-19-3/h4-7,9,11,15H,8,10H2,1-3H3. The van der Waals surface area contributed by atoms with Crippen LogP contribution in [0.3, 0.4) is 0 Å². The Kier molecular flexibility index (Phi) is 4.65. The molecule has 2 aromatic rings.